The van der Waals surface area contributed by atoms with Crippen LogP contribution < -0.4 is 0 Å². The average Bonchev–Trinajstić information content (AvgIpc) is 3.09. The van der Waals surface area contributed by atoms with E-state index in [9.17, 15) is 8.42 Å². The van der Waals surface area contributed by atoms with Crippen LogP contribution in [0.2, 0.25) is 5.02 Å². The van der Waals surface area contributed by atoms with Crippen molar-refractivity contribution in [1.29, 1.82) is 5.26 Å². The zero-order valence-electron chi connectivity index (χ0n) is 13.8. The molecule has 132 valence electrons. The molecule has 0 aliphatic carbocycles. The van der Waals surface area contributed by atoms with Crippen molar-refractivity contribution in [1.82, 2.24) is 4.98 Å². The molecule has 0 aliphatic rings. The first kappa shape index (κ1) is 17.7. The number of pyridine rings is 1. The highest BCUT2D eigenvalue weighted by Gasteiger charge is 2.28. The Balaban J connectivity index is 2.07. The van der Waals surface area contributed by atoms with E-state index in [1.165, 1.54) is 12.1 Å². The molecule has 0 amide bonds. The standard InChI is InChI=1S/C20H11ClN2O2S2/c21-17-9-2-1-7-15(17)18-16-8-4-10-23-19(16)26-20(18)27(24,25)14-6-3-5-13(11-14)12-22/h1-11H. The second kappa shape index (κ2) is 6.78. The Morgan fingerprint density at radius 1 is 1.04 bits per heavy atom. The zero-order chi connectivity index (χ0) is 19.0. The van der Waals surface area contributed by atoms with Crippen LogP contribution >= 0.6 is 22.9 Å². The Labute approximate surface area is 165 Å². The number of nitrogens with zero attached hydrogens (tertiary/aromatic N) is 2. The van der Waals surface area contributed by atoms with Gasteiger partial charge in [0, 0.05) is 27.7 Å². The highest BCUT2D eigenvalue weighted by atomic mass is 35.5. The molecule has 4 rings (SSSR count). The summed E-state index contributed by atoms with van der Waals surface area (Å²) in [6.45, 7) is 0. The Kier molecular flexibility index (Phi) is 4.44. The Morgan fingerprint density at radius 2 is 1.85 bits per heavy atom. The van der Waals surface area contributed by atoms with Crippen LogP contribution in [-0.4, -0.2) is 13.4 Å². The van der Waals surface area contributed by atoms with Gasteiger partial charge < -0.3 is 0 Å². The molecule has 0 saturated heterocycles. The highest BCUT2D eigenvalue weighted by molar-refractivity contribution is 7.93. The van der Waals surface area contributed by atoms with E-state index in [0.29, 0.717) is 21.0 Å². The molecule has 0 fully saturated rings. The summed E-state index contributed by atoms with van der Waals surface area (Å²) in [5.41, 5.74) is 1.46. The van der Waals surface area contributed by atoms with E-state index in [4.69, 9.17) is 16.9 Å². The quantitative estimate of drug-likeness (QED) is 0.458. The van der Waals surface area contributed by atoms with Crippen molar-refractivity contribution in [2.75, 3.05) is 0 Å². The molecule has 0 saturated carbocycles. The molecule has 0 unspecified atom stereocenters. The molecule has 0 spiro atoms. The van der Waals surface area contributed by atoms with Gasteiger partial charge in [-0.3, -0.25) is 0 Å². The monoisotopic (exact) mass is 410 g/mol. The van der Waals surface area contributed by atoms with E-state index < -0.39 is 9.84 Å². The van der Waals surface area contributed by atoms with Gasteiger partial charge in [0.1, 0.15) is 9.04 Å². The molecule has 2 aromatic carbocycles. The van der Waals surface area contributed by atoms with Crippen LogP contribution in [0.25, 0.3) is 21.3 Å². The highest BCUT2D eigenvalue weighted by Crippen LogP contribution is 2.44. The third-order valence-electron chi connectivity index (χ3n) is 4.09. The molecule has 7 heteroatoms. The van der Waals surface area contributed by atoms with Crippen LogP contribution in [-0.2, 0) is 9.84 Å². The molecule has 2 heterocycles. The zero-order valence-corrected chi connectivity index (χ0v) is 16.1. The third kappa shape index (κ3) is 3.00. The lowest BCUT2D eigenvalue weighted by Gasteiger charge is -2.08. The van der Waals surface area contributed by atoms with Crippen molar-refractivity contribution >= 4 is 43.0 Å². The molecular weight excluding hydrogens is 400 g/mol. The minimum absolute atomic E-state index is 0.0707. The maximum absolute atomic E-state index is 13.4. The van der Waals surface area contributed by atoms with Gasteiger partial charge in [0.25, 0.3) is 0 Å². The Hall–Kier alpha value is -2.72. The topological polar surface area (TPSA) is 70.8 Å². The largest absolute Gasteiger partial charge is 0.245 e. The maximum atomic E-state index is 13.4. The van der Waals surface area contributed by atoms with Crippen molar-refractivity contribution in [2.24, 2.45) is 0 Å². The SMILES string of the molecule is N#Cc1cccc(S(=O)(=O)c2sc3ncccc3c2-c2ccccc2Cl)c1. The third-order valence-corrected chi connectivity index (χ3v) is 7.81. The van der Waals surface area contributed by atoms with Gasteiger partial charge >= 0.3 is 0 Å². The summed E-state index contributed by atoms with van der Waals surface area (Å²) < 4.78 is 27.0. The molecule has 0 N–H and O–H groups in total. The van der Waals surface area contributed by atoms with Gasteiger partial charge in [-0.15, -0.1) is 11.3 Å². The first-order chi connectivity index (χ1) is 13.0. The predicted molar refractivity (Wildman–Crippen MR) is 107 cm³/mol. The smallest absolute Gasteiger partial charge is 0.216 e. The first-order valence-corrected chi connectivity index (χ1v) is 10.6. The van der Waals surface area contributed by atoms with Gasteiger partial charge in [0.05, 0.1) is 16.5 Å². The molecule has 2 aromatic heterocycles. The number of aromatic nitrogens is 1. The molecule has 0 radical (unpaired) electrons. The predicted octanol–water partition coefficient (Wildman–Crippen LogP) is 5.32. The van der Waals surface area contributed by atoms with Gasteiger partial charge in [-0.2, -0.15) is 5.26 Å². The average molecular weight is 411 g/mol. The van der Waals surface area contributed by atoms with Crippen LogP contribution in [0.1, 0.15) is 5.56 Å². The maximum Gasteiger partial charge on any atom is 0.216 e. The number of rotatable bonds is 3. The van der Waals surface area contributed by atoms with Crippen molar-refractivity contribution in [3.63, 3.8) is 0 Å². The van der Waals surface area contributed by atoms with Gasteiger partial charge in [-0.25, -0.2) is 13.4 Å². The fourth-order valence-electron chi connectivity index (χ4n) is 2.86. The van der Waals surface area contributed by atoms with E-state index in [2.05, 4.69) is 4.98 Å². The second-order valence-electron chi connectivity index (χ2n) is 5.74. The summed E-state index contributed by atoms with van der Waals surface area (Å²) in [7, 11) is -3.86. The lowest BCUT2D eigenvalue weighted by molar-refractivity contribution is 0.598. The van der Waals surface area contributed by atoms with Gasteiger partial charge in [0.2, 0.25) is 9.84 Å². The normalized spacial score (nSPS) is 11.4. The minimum atomic E-state index is -3.86. The van der Waals surface area contributed by atoms with E-state index in [-0.39, 0.29) is 14.7 Å². The Bertz CT molecular complexity index is 1320. The summed E-state index contributed by atoms with van der Waals surface area (Å²) in [5, 5.41) is 10.3. The van der Waals surface area contributed by atoms with Crippen LogP contribution in [0.3, 0.4) is 0 Å². The minimum Gasteiger partial charge on any atom is -0.245 e. The van der Waals surface area contributed by atoms with Gasteiger partial charge in [0.15, 0.2) is 0 Å². The first-order valence-electron chi connectivity index (χ1n) is 7.90. The van der Waals surface area contributed by atoms with Crippen LogP contribution in [0, 0.1) is 11.3 Å². The summed E-state index contributed by atoms with van der Waals surface area (Å²) >= 11 is 7.48. The summed E-state index contributed by atoms with van der Waals surface area (Å²) in [5.74, 6) is 0. The molecule has 27 heavy (non-hydrogen) atoms. The number of thiophene rings is 1. The molecule has 4 nitrogen and oxygen atoms in total. The molecule has 0 aliphatic heterocycles. The van der Waals surface area contributed by atoms with Crippen LogP contribution in [0.4, 0.5) is 0 Å². The fourth-order valence-corrected chi connectivity index (χ4v) is 6.19. The van der Waals surface area contributed by atoms with E-state index >= 15 is 0 Å². The number of halogens is 1. The van der Waals surface area contributed by atoms with Crippen molar-refractivity contribution in [2.45, 2.75) is 9.10 Å². The lowest BCUT2D eigenvalue weighted by Crippen LogP contribution is -2.02. The van der Waals surface area contributed by atoms with Gasteiger partial charge in [-0.05, 0) is 36.4 Å². The fraction of sp³-hybridized carbons (Fsp3) is 0. The number of fused-ring (bicyclic) bond motifs is 1. The number of benzene rings is 2. The lowest BCUT2D eigenvalue weighted by atomic mass is 10.1. The van der Waals surface area contributed by atoms with Crippen molar-refractivity contribution in [3.8, 4) is 17.2 Å². The number of nitriles is 1. The molecule has 4 aromatic rings. The van der Waals surface area contributed by atoms with E-state index in [0.717, 1.165) is 16.7 Å². The van der Waals surface area contributed by atoms with E-state index in [1.54, 1.807) is 42.6 Å². The molecule has 0 bridgehead atoms. The van der Waals surface area contributed by atoms with Crippen LogP contribution in [0.5, 0.6) is 0 Å². The Morgan fingerprint density at radius 3 is 2.63 bits per heavy atom. The number of sulfone groups is 1. The second-order valence-corrected chi connectivity index (χ2v) is 9.29. The number of hydrogen-bond acceptors (Lipinski definition) is 5. The summed E-state index contributed by atoms with van der Waals surface area (Å²) in [6.07, 6.45) is 1.63. The van der Waals surface area contributed by atoms with E-state index in [1.807, 2.05) is 18.2 Å². The van der Waals surface area contributed by atoms with Crippen molar-refractivity contribution < 1.29 is 8.42 Å². The van der Waals surface area contributed by atoms with Crippen LogP contribution in [0.15, 0.2) is 76.0 Å². The summed E-state index contributed by atoms with van der Waals surface area (Å²) in [6, 6.07) is 18.7. The summed E-state index contributed by atoms with van der Waals surface area (Å²) in [4.78, 5) is 5.00. The molecule has 0 atom stereocenters. The van der Waals surface area contributed by atoms with Crippen molar-refractivity contribution in [3.05, 3.63) is 77.4 Å². The molecular formula is C20H11ClN2O2S2. The van der Waals surface area contributed by atoms with Gasteiger partial charge in [-0.1, -0.05) is 35.9 Å². The number of hydrogen-bond donors (Lipinski definition) is 0.